The normalized spacial score (nSPS) is 18.6. The molecule has 1 aliphatic rings. The van der Waals surface area contributed by atoms with E-state index in [1.54, 1.807) is 19.2 Å². The molecule has 1 atom stereocenters. The van der Waals surface area contributed by atoms with Gasteiger partial charge in [0.15, 0.2) is 11.5 Å². The van der Waals surface area contributed by atoms with Gasteiger partial charge in [0.05, 0.1) is 25.3 Å². The molecule has 0 saturated heterocycles. The number of methoxy groups -OCH3 is 2. The van der Waals surface area contributed by atoms with Crippen LogP contribution in [0.25, 0.3) is 0 Å². The molecule has 19 heavy (non-hydrogen) atoms. The zero-order valence-electron chi connectivity index (χ0n) is 11.3. The van der Waals surface area contributed by atoms with E-state index in [1.165, 1.54) is 7.11 Å². The number of ether oxygens (including phenoxy) is 2. The van der Waals surface area contributed by atoms with Crippen molar-refractivity contribution in [2.75, 3.05) is 20.8 Å². The molecule has 0 heterocycles. The maximum absolute atomic E-state index is 10.6. The van der Waals surface area contributed by atoms with Gasteiger partial charge in [-0.05, 0) is 18.9 Å². The molecular weight excluding hydrogens is 266 g/mol. The van der Waals surface area contributed by atoms with Gasteiger partial charge >= 0.3 is 0 Å². The highest BCUT2D eigenvalue weighted by Crippen LogP contribution is 2.52. The Labute approximate surface area is 118 Å². The molecule has 1 unspecified atom stereocenters. The molecule has 106 valence electrons. The van der Waals surface area contributed by atoms with E-state index in [0.29, 0.717) is 28.6 Å². The summed E-state index contributed by atoms with van der Waals surface area (Å²) >= 11 is 6.33. The number of nitrogens with two attached hydrogens (primary N) is 1. The molecule has 1 saturated carbocycles. The molecule has 1 aromatic carbocycles. The quantitative estimate of drug-likeness (QED) is 0.872. The first-order valence-electron chi connectivity index (χ1n) is 6.38. The van der Waals surface area contributed by atoms with Gasteiger partial charge < -0.3 is 20.3 Å². The summed E-state index contributed by atoms with van der Waals surface area (Å²) in [5.74, 6) is 1.01. The van der Waals surface area contributed by atoms with Gasteiger partial charge in [0, 0.05) is 17.5 Å². The minimum absolute atomic E-state index is 0.247. The molecule has 2 rings (SSSR count). The van der Waals surface area contributed by atoms with E-state index < -0.39 is 6.10 Å². The number of hydrogen-bond donors (Lipinski definition) is 2. The lowest BCUT2D eigenvalue weighted by atomic mass is 9.63. The standard InChI is InChI=1S/C14H20ClNO3/c1-18-10-5-4-9(11(15)12(10)19-2)13(17)14(8-16)6-3-7-14/h4-5,13,17H,3,6-8,16H2,1-2H3. The lowest BCUT2D eigenvalue weighted by molar-refractivity contribution is -0.0297. The van der Waals surface area contributed by atoms with Crippen molar-refractivity contribution in [3.8, 4) is 11.5 Å². The maximum atomic E-state index is 10.6. The largest absolute Gasteiger partial charge is 0.493 e. The highest BCUT2D eigenvalue weighted by atomic mass is 35.5. The fourth-order valence-electron chi connectivity index (χ4n) is 2.67. The van der Waals surface area contributed by atoms with Gasteiger partial charge in [-0.15, -0.1) is 0 Å². The molecule has 0 spiro atoms. The number of benzene rings is 1. The first-order valence-corrected chi connectivity index (χ1v) is 6.76. The number of aliphatic hydroxyl groups is 1. The average molecular weight is 286 g/mol. The maximum Gasteiger partial charge on any atom is 0.179 e. The van der Waals surface area contributed by atoms with Crippen molar-refractivity contribution in [2.24, 2.45) is 11.1 Å². The smallest absolute Gasteiger partial charge is 0.179 e. The van der Waals surface area contributed by atoms with Crippen LogP contribution in [0.15, 0.2) is 12.1 Å². The van der Waals surface area contributed by atoms with E-state index in [9.17, 15) is 5.11 Å². The zero-order valence-corrected chi connectivity index (χ0v) is 12.0. The highest BCUT2D eigenvalue weighted by molar-refractivity contribution is 6.33. The van der Waals surface area contributed by atoms with Gasteiger partial charge in [0.1, 0.15) is 0 Å². The van der Waals surface area contributed by atoms with Crippen LogP contribution >= 0.6 is 11.6 Å². The van der Waals surface area contributed by atoms with Gasteiger partial charge in [-0.25, -0.2) is 0 Å². The summed E-state index contributed by atoms with van der Waals surface area (Å²) in [5, 5.41) is 11.0. The summed E-state index contributed by atoms with van der Waals surface area (Å²) in [6.07, 6.45) is 2.28. The molecule has 0 radical (unpaired) electrons. The van der Waals surface area contributed by atoms with E-state index >= 15 is 0 Å². The Hall–Kier alpha value is -0.970. The summed E-state index contributed by atoms with van der Waals surface area (Å²) in [7, 11) is 3.08. The predicted octanol–water partition coefficient (Wildman–Crippen LogP) is 2.52. The second-order valence-corrected chi connectivity index (χ2v) is 5.40. The summed E-state index contributed by atoms with van der Waals surface area (Å²) in [5.41, 5.74) is 6.23. The predicted molar refractivity (Wildman–Crippen MR) is 74.9 cm³/mol. The van der Waals surface area contributed by atoms with E-state index in [4.69, 9.17) is 26.8 Å². The molecule has 0 aromatic heterocycles. The van der Waals surface area contributed by atoms with Crippen molar-refractivity contribution in [2.45, 2.75) is 25.4 Å². The molecule has 3 N–H and O–H groups in total. The minimum atomic E-state index is -0.668. The number of rotatable bonds is 5. The Morgan fingerprint density at radius 1 is 1.37 bits per heavy atom. The van der Waals surface area contributed by atoms with Crippen LogP contribution in [0.2, 0.25) is 5.02 Å². The lowest BCUT2D eigenvalue weighted by Crippen LogP contribution is -2.42. The third-order valence-electron chi connectivity index (χ3n) is 4.15. The molecule has 1 fully saturated rings. The van der Waals surface area contributed by atoms with Gasteiger partial charge in [0.2, 0.25) is 0 Å². The summed E-state index contributed by atoms with van der Waals surface area (Å²) < 4.78 is 10.4. The van der Waals surface area contributed by atoms with Gasteiger partial charge in [-0.3, -0.25) is 0 Å². The van der Waals surface area contributed by atoms with E-state index in [-0.39, 0.29) is 5.41 Å². The minimum Gasteiger partial charge on any atom is -0.493 e. The van der Waals surface area contributed by atoms with Crippen LogP contribution in [0.4, 0.5) is 0 Å². The SMILES string of the molecule is COc1ccc(C(O)C2(CN)CCC2)c(Cl)c1OC. The van der Waals surface area contributed by atoms with Crippen LogP contribution in [0.3, 0.4) is 0 Å². The molecule has 5 heteroatoms. The molecular formula is C14H20ClNO3. The topological polar surface area (TPSA) is 64.7 Å². The second kappa shape index (κ2) is 5.57. The van der Waals surface area contributed by atoms with Crippen LogP contribution < -0.4 is 15.2 Å². The van der Waals surface area contributed by atoms with Gasteiger partial charge in [-0.1, -0.05) is 24.1 Å². The Kier molecular flexibility index (Phi) is 4.23. The van der Waals surface area contributed by atoms with E-state index in [1.807, 2.05) is 0 Å². The summed E-state index contributed by atoms with van der Waals surface area (Å²) in [6.45, 7) is 0.457. The third kappa shape index (κ3) is 2.29. The van der Waals surface area contributed by atoms with Gasteiger partial charge in [0.25, 0.3) is 0 Å². The zero-order chi connectivity index (χ0) is 14.0. The van der Waals surface area contributed by atoms with Crippen LogP contribution in [0, 0.1) is 5.41 Å². The average Bonchev–Trinajstić information content (AvgIpc) is 2.37. The van der Waals surface area contributed by atoms with Gasteiger partial charge in [-0.2, -0.15) is 0 Å². The van der Waals surface area contributed by atoms with Crippen molar-refractivity contribution >= 4 is 11.6 Å². The van der Waals surface area contributed by atoms with E-state index in [0.717, 1.165) is 19.3 Å². The number of aliphatic hydroxyl groups excluding tert-OH is 1. The third-order valence-corrected chi connectivity index (χ3v) is 4.54. The summed E-state index contributed by atoms with van der Waals surface area (Å²) in [6, 6.07) is 3.54. The van der Waals surface area contributed by atoms with E-state index in [2.05, 4.69) is 0 Å². The highest BCUT2D eigenvalue weighted by Gasteiger charge is 2.44. The first kappa shape index (κ1) is 14.4. The summed E-state index contributed by atoms with van der Waals surface area (Å²) in [4.78, 5) is 0. The fourth-order valence-corrected chi connectivity index (χ4v) is 3.00. The number of halogens is 1. The van der Waals surface area contributed by atoms with Crippen LogP contribution in [0.1, 0.15) is 30.9 Å². The van der Waals surface area contributed by atoms with Crippen molar-refractivity contribution in [1.82, 2.24) is 0 Å². The Bertz CT molecular complexity index is 455. The van der Waals surface area contributed by atoms with Crippen molar-refractivity contribution in [1.29, 1.82) is 0 Å². The number of hydrogen-bond acceptors (Lipinski definition) is 4. The molecule has 1 aromatic rings. The Morgan fingerprint density at radius 3 is 2.47 bits per heavy atom. The molecule has 0 amide bonds. The second-order valence-electron chi connectivity index (χ2n) is 5.03. The molecule has 1 aliphatic carbocycles. The van der Waals surface area contributed by atoms with Crippen molar-refractivity contribution < 1.29 is 14.6 Å². The van der Waals surface area contributed by atoms with Crippen LogP contribution in [-0.4, -0.2) is 25.9 Å². The first-order chi connectivity index (χ1) is 9.09. The molecule has 0 bridgehead atoms. The molecule has 4 nitrogen and oxygen atoms in total. The Balaban J connectivity index is 2.40. The fraction of sp³-hybridized carbons (Fsp3) is 0.571. The van der Waals surface area contributed by atoms with Crippen molar-refractivity contribution in [3.63, 3.8) is 0 Å². The van der Waals surface area contributed by atoms with Crippen LogP contribution in [-0.2, 0) is 0 Å². The molecule has 0 aliphatic heterocycles. The van der Waals surface area contributed by atoms with Crippen LogP contribution in [0.5, 0.6) is 11.5 Å². The lowest BCUT2D eigenvalue weighted by Gasteiger charge is -2.45. The Morgan fingerprint density at radius 2 is 2.05 bits per heavy atom. The van der Waals surface area contributed by atoms with Crippen molar-refractivity contribution in [3.05, 3.63) is 22.7 Å². The monoisotopic (exact) mass is 285 g/mol.